The molecule has 12 heavy (non-hydrogen) atoms. The molecule has 0 fully saturated rings. The standard InChI is InChI=1S/C9H6ClNO/c10-7-2-1-6-4-11-5-9(12)8(6)3-7/h1-5,12H. The molecular weight excluding hydrogens is 174 g/mol. The van der Waals surface area contributed by atoms with Crippen molar-refractivity contribution in [3.8, 4) is 5.75 Å². The highest BCUT2D eigenvalue weighted by atomic mass is 35.5. The van der Waals surface area contributed by atoms with Crippen LogP contribution < -0.4 is 0 Å². The summed E-state index contributed by atoms with van der Waals surface area (Å²) in [5.41, 5.74) is 0. The summed E-state index contributed by atoms with van der Waals surface area (Å²) in [6, 6.07) is 5.31. The molecule has 1 heterocycles. The summed E-state index contributed by atoms with van der Waals surface area (Å²) >= 11 is 5.76. The van der Waals surface area contributed by atoms with Crippen molar-refractivity contribution in [2.45, 2.75) is 0 Å². The average Bonchev–Trinajstić information content (AvgIpc) is 2.07. The number of fused-ring (bicyclic) bond motifs is 1. The smallest absolute Gasteiger partial charge is 0.141 e. The molecular formula is C9H6ClNO. The minimum atomic E-state index is 0.162. The van der Waals surface area contributed by atoms with Gasteiger partial charge in [0.25, 0.3) is 0 Å². The fraction of sp³-hybridized carbons (Fsp3) is 0. The summed E-state index contributed by atoms with van der Waals surface area (Å²) in [5.74, 6) is 0.162. The molecule has 0 atom stereocenters. The number of nitrogens with zero attached hydrogens (tertiary/aromatic N) is 1. The first-order chi connectivity index (χ1) is 5.77. The largest absolute Gasteiger partial charge is 0.506 e. The molecule has 60 valence electrons. The van der Waals surface area contributed by atoms with Crippen LogP contribution in [-0.4, -0.2) is 10.1 Å². The molecule has 0 saturated carbocycles. The van der Waals surface area contributed by atoms with Crippen LogP contribution in [0.4, 0.5) is 0 Å². The number of hydrogen-bond acceptors (Lipinski definition) is 2. The van der Waals surface area contributed by atoms with Gasteiger partial charge in [-0.2, -0.15) is 0 Å². The molecule has 2 rings (SSSR count). The molecule has 0 aliphatic heterocycles. The Labute approximate surface area is 74.4 Å². The molecule has 0 radical (unpaired) electrons. The van der Waals surface area contributed by atoms with Crippen molar-refractivity contribution in [2.24, 2.45) is 0 Å². The van der Waals surface area contributed by atoms with Crippen molar-refractivity contribution >= 4 is 22.4 Å². The second kappa shape index (κ2) is 2.64. The second-order valence-electron chi connectivity index (χ2n) is 2.52. The predicted molar refractivity (Wildman–Crippen MR) is 48.4 cm³/mol. The van der Waals surface area contributed by atoms with Crippen molar-refractivity contribution in [2.75, 3.05) is 0 Å². The second-order valence-corrected chi connectivity index (χ2v) is 2.96. The highest BCUT2D eigenvalue weighted by Crippen LogP contribution is 2.25. The van der Waals surface area contributed by atoms with Crippen LogP contribution in [0.15, 0.2) is 30.6 Å². The zero-order valence-electron chi connectivity index (χ0n) is 6.16. The number of halogens is 1. The van der Waals surface area contributed by atoms with Crippen LogP contribution in [0.3, 0.4) is 0 Å². The van der Waals surface area contributed by atoms with E-state index in [4.69, 9.17) is 11.6 Å². The predicted octanol–water partition coefficient (Wildman–Crippen LogP) is 2.59. The van der Waals surface area contributed by atoms with Crippen molar-refractivity contribution in [1.82, 2.24) is 4.98 Å². The van der Waals surface area contributed by atoms with E-state index in [1.807, 2.05) is 6.07 Å². The van der Waals surface area contributed by atoms with Gasteiger partial charge in [-0.1, -0.05) is 17.7 Å². The van der Waals surface area contributed by atoms with Gasteiger partial charge in [0.1, 0.15) is 5.75 Å². The van der Waals surface area contributed by atoms with Crippen molar-refractivity contribution in [3.63, 3.8) is 0 Å². The molecule has 3 heteroatoms. The summed E-state index contributed by atoms with van der Waals surface area (Å²) in [6.07, 6.45) is 3.09. The third-order valence-electron chi connectivity index (χ3n) is 1.70. The number of aromatic hydroxyl groups is 1. The minimum absolute atomic E-state index is 0.162. The summed E-state index contributed by atoms with van der Waals surface area (Å²) in [7, 11) is 0. The monoisotopic (exact) mass is 179 g/mol. The van der Waals surface area contributed by atoms with Crippen LogP contribution >= 0.6 is 11.6 Å². The number of pyridine rings is 1. The Bertz CT molecular complexity index is 428. The van der Waals surface area contributed by atoms with Crippen molar-refractivity contribution in [3.05, 3.63) is 35.6 Å². The van der Waals surface area contributed by atoms with Crippen LogP contribution in [0.5, 0.6) is 5.75 Å². The maximum atomic E-state index is 9.37. The topological polar surface area (TPSA) is 33.1 Å². The van der Waals surface area contributed by atoms with Gasteiger partial charge >= 0.3 is 0 Å². The van der Waals surface area contributed by atoms with Gasteiger partial charge < -0.3 is 5.11 Å². The van der Waals surface area contributed by atoms with E-state index in [-0.39, 0.29) is 5.75 Å². The molecule has 0 unspecified atom stereocenters. The van der Waals surface area contributed by atoms with Gasteiger partial charge in [-0.05, 0) is 12.1 Å². The molecule has 0 bridgehead atoms. The van der Waals surface area contributed by atoms with Gasteiger partial charge in [-0.3, -0.25) is 4.98 Å². The van der Waals surface area contributed by atoms with E-state index in [0.29, 0.717) is 5.02 Å². The summed E-state index contributed by atoms with van der Waals surface area (Å²) in [6.45, 7) is 0. The lowest BCUT2D eigenvalue weighted by Crippen LogP contribution is -1.76. The maximum absolute atomic E-state index is 9.37. The Morgan fingerprint density at radius 2 is 2.08 bits per heavy atom. The lowest BCUT2D eigenvalue weighted by molar-refractivity contribution is 0.479. The van der Waals surface area contributed by atoms with E-state index < -0.39 is 0 Å². The van der Waals surface area contributed by atoms with Crippen LogP contribution in [0.25, 0.3) is 10.8 Å². The van der Waals surface area contributed by atoms with Crippen LogP contribution in [0.2, 0.25) is 5.02 Å². The third kappa shape index (κ3) is 1.10. The first-order valence-electron chi connectivity index (χ1n) is 3.49. The van der Waals surface area contributed by atoms with Gasteiger partial charge in [0, 0.05) is 22.0 Å². The lowest BCUT2D eigenvalue weighted by atomic mass is 10.2. The summed E-state index contributed by atoms with van der Waals surface area (Å²) in [4.78, 5) is 3.85. The quantitative estimate of drug-likeness (QED) is 0.675. The first-order valence-corrected chi connectivity index (χ1v) is 3.87. The molecule has 0 amide bonds. The van der Waals surface area contributed by atoms with E-state index in [1.54, 1.807) is 18.3 Å². The van der Waals surface area contributed by atoms with E-state index in [9.17, 15) is 5.11 Å². The zero-order valence-corrected chi connectivity index (χ0v) is 6.92. The Kier molecular flexibility index (Phi) is 1.62. The molecule has 1 aromatic carbocycles. The van der Waals surface area contributed by atoms with E-state index >= 15 is 0 Å². The highest BCUT2D eigenvalue weighted by molar-refractivity contribution is 6.31. The van der Waals surface area contributed by atoms with Gasteiger partial charge in [0.15, 0.2) is 0 Å². The molecule has 1 N–H and O–H groups in total. The van der Waals surface area contributed by atoms with Crippen LogP contribution in [0.1, 0.15) is 0 Å². The third-order valence-corrected chi connectivity index (χ3v) is 1.94. The summed E-state index contributed by atoms with van der Waals surface area (Å²) < 4.78 is 0. The van der Waals surface area contributed by atoms with E-state index in [2.05, 4.69) is 4.98 Å². The molecule has 1 aromatic heterocycles. The number of rotatable bonds is 0. The average molecular weight is 180 g/mol. The lowest BCUT2D eigenvalue weighted by Gasteiger charge is -1.99. The van der Waals surface area contributed by atoms with Crippen LogP contribution in [0, 0.1) is 0 Å². The highest BCUT2D eigenvalue weighted by Gasteiger charge is 1.99. The van der Waals surface area contributed by atoms with Gasteiger partial charge in [0.2, 0.25) is 0 Å². The fourth-order valence-electron chi connectivity index (χ4n) is 1.12. The van der Waals surface area contributed by atoms with Gasteiger partial charge in [-0.15, -0.1) is 0 Å². The Balaban J connectivity index is 2.88. The molecule has 2 nitrogen and oxygen atoms in total. The minimum Gasteiger partial charge on any atom is -0.506 e. The normalized spacial score (nSPS) is 10.4. The van der Waals surface area contributed by atoms with E-state index in [0.717, 1.165) is 10.8 Å². The van der Waals surface area contributed by atoms with E-state index in [1.165, 1.54) is 6.20 Å². The van der Waals surface area contributed by atoms with Gasteiger partial charge in [-0.25, -0.2) is 0 Å². The Morgan fingerprint density at radius 3 is 2.92 bits per heavy atom. The number of benzene rings is 1. The summed E-state index contributed by atoms with van der Waals surface area (Å²) in [5, 5.41) is 11.6. The SMILES string of the molecule is Oc1cncc2ccc(Cl)cc12. The maximum Gasteiger partial charge on any atom is 0.141 e. The first kappa shape index (κ1) is 7.37. The molecule has 2 aromatic rings. The van der Waals surface area contributed by atoms with Crippen molar-refractivity contribution in [1.29, 1.82) is 0 Å². The fourth-order valence-corrected chi connectivity index (χ4v) is 1.29. The molecule has 0 aliphatic rings. The zero-order chi connectivity index (χ0) is 8.55. The molecule has 0 saturated heterocycles. The van der Waals surface area contributed by atoms with Crippen molar-refractivity contribution < 1.29 is 5.11 Å². The molecule has 0 aliphatic carbocycles. The Hall–Kier alpha value is -1.28. The number of aromatic nitrogens is 1. The van der Waals surface area contributed by atoms with Crippen LogP contribution in [-0.2, 0) is 0 Å². The van der Waals surface area contributed by atoms with Gasteiger partial charge in [0.05, 0.1) is 6.20 Å². The number of hydrogen-bond donors (Lipinski definition) is 1. The molecule has 0 spiro atoms. The Morgan fingerprint density at radius 1 is 1.25 bits per heavy atom.